The Hall–Kier alpha value is -1.17. The average molecular weight is 263 g/mol. The highest BCUT2D eigenvalue weighted by molar-refractivity contribution is 5.68. The lowest BCUT2D eigenvalue weighted by Gasteiger charge is -2.27. The Balaban J connectivity index is 1.97. The van der Waals surface area contributed by atoms with Crippen LogP contribution in [0.2, 0.25) is 0 Å². The number of terminal acetylenes is 1. The van der Waals surface area contributed by atoms with E-state index in [-0.39, 0.29) is 18.1 Å². The van der Waals surface area contributed by atoms with Crippen molar-refractivity contribution in [3.8, 4) is 12.3 Å². The van der Waals surface area contributed by atoms with E-state index in [1.165, 1.54) is 25.7 Å². The van der Waals surface area contributed by atoms with Crippen molar-refractivity contribution in [2.75, 3.05) is 0 Å². The smallest absolute Gasteiger partial charge is 0.407 e. The van der Waals surface area contributed by atoms with E-state index in [0.29, 0.717) is 11.8 Å². The lowest BCUT2D eigenvalue weighted by molar-refractivity contribution is 0.0496. The van der Waals surface area contributed by atoms with Gasteiger partial charge in [-0.3, -0.25) is 0 Å². The van der Waals surface area contributed by atoms with Gasteiger partial charge >= 0.3 is 6.09 Å². The second-order valence-corrected chi connectivity index (χ2v) is 6.89. The van der Waals surface area contributed by atoms with E-state index in [1.807, 2.05) is 20.8 Å². The van der Waals surface area contributed by atoms with Crippen LogP contribution >= 0.6 is 0 Å². The molecule has 0 aromatic carbocycles. The van der Waals surface area contributed by atoms with E-state index in [2.05, 4.69) is 11.2 Å². The molecular weight excluding hydrogens is 238 g/mol. The van der Waals surface area contributed by atoms with E-state index >= 15 is 0 Å². The first kappa shape index (κ1) is 14.2. The number of ether oxygens (including phenoxy) is 1. The summed E-state index contributed by atoms with van der Waals surface area (Å²) in [6.45, 7) is 5.62. The van der Waals surface area contributed by atoms with Crippen molar-refractivity contribution >= 4 is 6.09 Å². The molecule has 0 heterocycles. The molecule has 2 rings (SSSR count). The maximum Gasteiger partial charge on any atom is 0.407 e. The van der Waals surface area contributed by atoms with E-state index in [9.17, 15) is 4.79 Å². The summed E-state index contributed by atoms with van der Waals surface area (Å²) >= 11 is 0. The molecule has 2 fully saturated rings. The highest BCUT2D eigenvalue weighted by Gasteiger charge is 2.44. The molecule has 0 bridgehead atoms. The first-order chi connectivity index (χ1) is 8.90. The third-order valence-corrected chi connectivity index (χ3v) is 4.31. The summed E-state index contributed by atoms with van der Waals surface area (Å²) in [5, 5.41) is 2.99. The van der Waals surface area contributed by atoms with Crippen molar-refractivity contribution in [3.05, 3.63) is 0 Å². The number of carbonyl (C=O) groups is 1. The Morgan fingerprint density at radius 2 is 2.00 bits per heavy atom. The zero-order chi connectivity index (χ0) is 14.0. The number of rotatable bonds is 1. The van der Waals surface area contributed by atoms with Gasteiger partial charge in [-0.15, -0.1) is 12.3 Å². The van der Waals surface area contributed by atoms with Crippen LogP contribution in [0, 0.1) is 30.1 Å². The second kappa shape index (κ2) is 5.45. The summed E-state index contributed by atoms with van der Waals surface area (Å²) in [5.41, 5.74) is -0.457. The molecule has 2 aliphatic carbocycles. The Bertz CT molecular complexity index is 377. The van der Waals surface area contributed by atoms with Crippen LogP contribution in [0.3, 0.4) is 0 Å². The van der Waals surface area contributed by atoms with Crippen molar-refractivity contribution in [1.82, 2.24) is 5.32 Å². The number of carbonyl (C=O) groups excluding carboxylic acids is 1. The average Bonchev–Trinajstić information content (AvgIpc) is 2.63. The molecule has 19 heavy (non-hydrogen) atoms. The fraction of sp³-hybridized carbons (Fsp3) is 0.812. The van der Waals surface area contributed by atoms with Gasteiger partial charge in [0, 0.05) is 12.0 Å². The van der Waals surface area contributed by atoms with Gasteiger partial charge in [0.05, 0.1) is 0 Å². The van der Waals surface area contributed by atoms with Crippen LogP contribution in [0.25, 0.3) is 0 Å². The standard InChI is InChI=1S/C16H25NO2/c1-5-12-13-9-7-6-8-11(13)10-14(12)17-15(18)19-16(2,3)4/h1,11-14H,6-10H2,2-4H3,(H,17,18)/t11-,12-,13+,14+/m1/s1. The monoisotopic (exact) mass is 263 g/mol. The minimum Gasteiger partial charge on any atom is -0.444 e. The Morgan fingerprint density at radius 1 is 1.32 bits per heavy atom. The van der Waals surface area contributed by atoms with Crippen molar-refractivity contribution in [1.29, 1.82) is 0 Å². The molecule has 1 N–H and O–H groups in total. The molecule has 0 aromatic rings. The summed E-state index contributed by atoms with van der Waals surface area (Å²) in [6.07, 6.45) is 11.4. The Labute approximate surface area is 116 Å². The number of fused-ring (bicyclic) bond motifs is 1. The minimum atomic E-state index is -0.457. The second-order valence-electron chi connectivity index (χ2n) is 6.89. The maximum atomic E-state index is 11.9. The van der Waals surface area contributed by atoms with Gasteiger partial charge in [0.1, 0.15) is 5.60 Å². The van der Waals surface area contributed by atoms with Crippen LogP contribution in [0.15, 0.2) is 0 Å². The topological polar surface area (TPSA) is 38.3 Å². The minimum absolute atomic E-state index is 0.0907. The summed E-state index contributed by atoms with van der Waals surface area (Å²) in [6, 6.07) is 0.0907. The molecule has 1 amide bonds. The van der Waals surface area contributed by atoms with E-state index in [1.54, 1.807) is 0 Å². The Morgan fingerprint density at radius 3 is 2.63 bits per heavy atom. The Kier molecular flexibility index (Phi) is 4.08. The zero-order valence-corrected chi connectivity index (χ0v) is 12.2. The van der Waals surface area contributed by atoms with Crippen LogP contribution < -0.4 is 5.32 Å². The molecule has 106 valence electrons. The van der Waals surface area contributed by atoms with E-state index in [0.717, 1.165) is 6.42 Å². The van der Waals surface area contributed by atoms with Crippen LogP contribution in [0.1, 0.15) is 52.9 Å². The van der Waals surface area contributed by atoms with Crippen molar-refractivity contribution in [3.63, 3.8) is 0 Å². The third-order valence-electron chi connectivity index (χ3n) is 4.31. The van der Waals surface area contributed by atoms with Crippen LogP contribution in [0.5, 0.6) is 0 Å². The molecule has 0 spiro atoms. The van der Waals surface area contributed by atoms with Crippen LogP contribution in [-0.2, 0) is 4.74 Å². The van der Waals surface area contributed by atoms with Crippen molar-refractivity contribution in [2.45, 2.75) is 64.5 Å². The fourth-order valence-corrected chi connectivity index (χ4v) is 3.62. The number of alkyl carbamates (subject to hydrolysis) is 1. The zero-order valence-electron chi connectivity index (χ0n) is 12.2. The first-order valence-electron chi connectivity index (χ1n) is 7.36. The lowest BCUT2D eigenvalue weighted by Crippen LogP contribution is -2.41. The van der Waals surface area contributed by atoms with Gasteiger partial charge in [-0.1, -0.05) is 19.3 Å². The summed E-state index contributed by atoms with van der Waals surface area (Å²) in [5.74, 6) is 4.38. The molecule has 4 atom stereocenters. The van der Waals surface area contributed by atoms with Gasteiger partial charge in [0.2, 0.25) is 0 Å². The fourth-order valence-electron chi connectivity index (χ4n) is 3.62. The van der Waals surface area contributed by atoms with Crippen LogP contribution in [0.4, 0.5) is 4.79 Å². The quantitative estimate of drug-likeness (QED) is 0.737. The summed E-state index contributed by atoms with van der Waals surface area (Å²) in [7, 11) is 0. The molecule has 2 saturated carbocycles. The van der Waals surface area contributed by atoms with Crippen LogP contribution in [-0.4, -0.2) is 17.7 Å². The maximum absolute atomic E-state index is 11.9. The van der Waals surface area contributed by atoms with Gasteiger partial charge in [0.25, 0.3) is 0 Å². The number of hydrogen-bond donors (Lipinski definition) is 1. The predicted octanol–water partition coefficient (Wildman–Crippen LogP) is 3.34. The highest BCUT2D eigenvalue weighted by Crippen LogP contribution is 2.45. The van der Waals surface area contributed by atoms with Gasteiger partial charge in [-0.2, -0.15) is 0 Å². The number of amides is 1. The van der Waals surface area contributed by atoms with Gasteiger partial charge < -0.3 is 10.1 Å². The number of nitrogens with one attached hydrogen (secondary N) is 1. The largest absolute Gasteiger partial charge is 0.444 e. The van der Waals surface area contributed by atoms with E-state index < -0.39 is 5.60 Å². The molecule has 0 aromatic heterocycles. The van der Waals surface area contributed by atoms with Crippen molar-refractivity contribution < 1.29 is 9.53 Å². The van der Waals surface area contributed by atoms with Gasteiger partial charge in [0.15, 0.2) is 0 Å². The normalized spacial score (nSPS) is 34.2. The van der Waals surface area contributed by atoms with E-state index in [4.69, 9.17) is 11.2 Å². The summed E-state index contributed by atoms with van der Waals surface area (Å²) in [4.78, 5) is 11.9. The molecule has 0 radical (unpaired) electrons. The lowest BCUT2D eigenvalue weighted by atomic mass is 9.78. The molecule has 0 unspecified atom stereocenters. The van der Waals surface area contributed by atoms with Gasteiger partial charge in [-0.05, 0) is 45.4 Å². The molecule has 3 nitrogen and oxygen atoms in total. The molecule has 0 saturated heterocycles. The number of hydrogen-bond acceptors (Lipinski definition) is 2. The highest BCUT2D eigenvalue weighted by atomic mass is 16.6. The van der Waals surface area contributed by atoms with Crippen molar-refractivity contribution in [2.24, 2.45) is 17.8 Å². The predicted molar refractivity (Wildman–Crippen MR) is 75.5 cm³/mol. The third kappa shape index (κ3) is 3.43. The molecular formula is C16H25NO2. The molecule has 2 aliphatic rings. The summed E-state index contributed by atoms with van der Waals surface area (Å²) < 4.78 is 5.33. The first-order valence-corrected chi connectivity index (χ1v) is 7.36. The molecule has 3 heteroatoms. The molecule has 0 aliphatic heterocycles. The SMILES string of the molecule is C#C[C@@H]1[C@H]2CCCC[C@@H]2C[C@@H]1NC(=O)OC(C)(C)C. The van der Waals surface area contributed by atoms with Gasteiger partial charge in [-0.25, -0.2) is 4.79 Å².